The number of hydrogen-bond acceptors (Lipinski definition) is 20. The van der Waals surface area contributed by atoms with Crippen molar-refractivity contribution in [3.63, 3.8) is 0 Å². The van der Waals surface area contributed by atoms with Crippen LogP contribution in [0.15, 0.2) is 124 Å². The first-order valence-electron chi connectivity index (χ1n) is 32.9. The molecule has 4 aliphatic heterocycles. The fourth-order valence-electron chi connectivity index (χ4n) is 10.9. The van der Waals surface area contributed by atoms with E-state index in [-0.39, 0.29) is 52.9 Å². The van der Waals surface area contributed by atoms with Crippen LogP contribution < -0.4 is 63.8 Å². The first-order valence-corrected chi connectivity index (χ1v) is 38.0. The van der Waals surface area contributed by atoms with Gasteiger partial charge in [0, 0.05) is 11.8 Å². The van der Waals surface area contributed by atoms with Gasteiger partial charge in [-0.25, -0.2) is 48.3 Å². The Hall–Kier alpha value is -7.24. The minimum Gasteiger partial charge on any atom is -0.407 e. The predicted molar refractivity (Wildman–Crippen MR) is 354 cm³/mol. The Balaban J connectivity index is 0.000000209. The molecule has 10 rings (SSSR count). The average Bonchev–Trinajstić information content (AvgIpc) is 1.70. The molecule has 4 unspecified atom stereocenters. The molecule has 0 aliphatic carbocycles. The van der Waals surface area contributed by atoms with Crippen LogP contribution in [0.3, 0.4) is 0 Å². The van der Waals surface area contributed by atoms with E-state index in [1.165, 1.54) is 30.9 Å². The van der Waals surface area contributed by atoms with Crippen LogP contribution >= 0.6 is 0 Å². The molecule has 32 nitrogen and oxygen atoms in total. The first-order chi connectivity index (χ1) is 46.4. The topological polar surface area (TPSA) is 433 Å². The molecular formula is C63H99FN12O20Si2+4. The molecule has 8 heterocycles. The minimum absolute atomic E-state index is 0.0128. The molecule has 0 radical (unpaired) electrons. The van der Waals surface area contributed by atoms with Crippen LogP contribution in [0, 0.1) is 11.8 Å². The monoisotopic (exact) mass is 1420 g/mol. The number of rotatable bonds is 16. The van der Waals surface area contributed by atoms with Crippen molar-refractivity contribution in [1.82, 2.24) is 39.0 Å². The number of H-pyrrole nitrogens is 6. The number of aromatic amines is 6. The normalized spacial score (nSPS) is 27.1. The van der Waals surface area contributed by atoms with E-state index < -0.39 is 144 Å². The number of ether oxygens (including phenoxy) is 4. The van der Waals surface area contributed by atoms with E-state index in [0.29, 0.717) is 6.54 Å². The maximum Gasteiger partial charge on any atom is 0.448 e. The van der Waals surface area contributed by atoms with Gasteiger partial charge in [0.05, 0.1) is 47.0 Å². The van der Waals surface area contributed by atoms with Crippen molar-refractivity contribution < 1.29 is 82.5 Å². The Labute approximate surface area is 566 Å². The van der Waals surface area contributed by atoms with Crippen molar-refractivity contribution in [3.8, 4) is 0 Å². The van der Waals surface area contributed by atoms with Gasteiger partial charge in [0.25, 0.3) is 0 Å². The molecule has 98 heavy (non-hydrogen) atoms. The molecule has 12 N–H and O–H groups in total. The van der Waals surface area contributed by atoms with Crippen molar-refractivity contribution in [2.24, 2.45) is 11.8 Å². The lowest BCUT2D eigenvalue weighted by Gasteiger charge is -2.39. The summed E-state index contributed by atoms with van der Waals surface area (Å²) < 4.78 is 59.3. The highest BCUT2D eigenvalue weighted by Gasteiger charge is 2.53. The highest BCUT2D eigenvalue weighted by Crippen LogP contribution is 2.45. The van der Waals surface area contributed by atoms with E-state index >= 15 is 0 Å². The molecule has 35 heteroatoms. The van der Waals surface area contributed by atoms with Crippen molar-refractivity contribution in [1.29, 1.82) is 0 Å². The van der Waals surface area contributed by atoms with Gasteiger partial charge in [0.15, 0.2) is 29.3 Å². The molecule has 0 bridgehead atoms. The number of hydrogen-bond donors (Lipinski definition) is 12. The number of alkyl halides is 1. The Morgan fingerprint density at radius 3 is 1.30 bits per heavy atom. The van der Waals surface area contributed by atoms with Gasteiger partial charge in [-0.3, -0.25) is 4.39 Å². The summed E-state index contributed by atoms with van der Waals surface area (Å²) in [7, 11) is -5.14. The van der Waals surface area contributed by atoms with Crippen LogP contribution in [-0.2, 0) is 40.9 Å². The van der Waals surface area contributed by atoms with Crippen molar-refractivity contribution >= 4 is 16.6 Å². The Morgan fingerprint density at radius 1 is 0.531 bits per heavy atom. The molecular weight excluding hydrogens is 1320 g/mol. The number of aliphatic hydroxyl groups excluding tert-OH is 6. The van der Waals surface area contributed by atoms with Crippen molar-refractivity contribution in [2.75, 3.05) is 20.4 Å². The van der Waals surface area contributed by atoms with E-state index in [1.807, 2.05) is 65.6 Å². The zero-order chi connectivity index (χ0) is 73.8. The fourth-order valence-corrected chi connectivity index (χ4v) is 13.7. The second kappa shape index (κ2) is 33.7. The molecule has 4 fully saturated rings. The van der Waals surface area contributed by atoms with Gasteiger partial charge in [-0.1, -0.05) is 130 Å². The summed E-state index contributed by atoms with van der Waals surface area (Å²) >= 11 is 0. The number of halogens is 1. The maximum absolute atomic E-state index is 12.8. The highest BCUT2D eigenvalue weighted by atomic mass is 28.4. The molecule has 16 atom stereocenters. The maximum atomic E-state index is 12.8. The van der Waals surface area contributed by atoms with E-state index in [1.54, 1.807) is 6.33 Å². The van der Waals surface area contributed by atoms with Gasteiger partial charge >= 0.3 is 45.5 Å². The van der Waals surface area contributed by atoms with Gasteiger partial charge in [-0.05, 0) is 60.2 Å². The third-order valence-electron chi connectivity index (χ3n) is 18.7. The van der Waals surface area contributed by atoms with E-state index in [2.05, 4.69) is 120 Å². The highest BCUT2D eigenvalue weighted by molar-refractivity contribution is 6.74. The lowest BCUT2D eigenvalue weighted by Crippen LogP contribution is -2.61. The summed E-state index contributed by atoms with van der Waals surface area (Å²) in [5.41, 5.74) is -2.98. The van der Waals surface area contributed by atoms with Gasteiger partial charge in [0.2, 0.25) is 37.6 Å². The largest absolute Gasteiger partial charge is 0.448 e. The van der Waals surface area contributed by atoms with E-state index in [0.717, 1.165) is 39.4 Å². The van der Waals surface area contributed by atoms with Crippen LogP contribution in [0.2, 0.25) is 36.3 Å². The third kappa shape index (κ3) is 18.8. The summed E-state index contributed by atoms with van der Waals surface area (Å²) in [5, 5.41) is 57.1. The number of benzene rings is 2. The third-order valence-corrected chi connectivity index (χ3v) is 27.7. The second-order valence-electron chi connectivity index (χ2n) is 27.4. The zero-order valence-corrected chi connectivity index (χ0v) is 59.7. The van der Waals surface area contributed by atoms with E-state index in [4.69, 9.17) is 39.4 Å². The lowest BCUT2D eigenvalue weighted by molar-refractivity contribution is -0.782. The molecule has 4 aliphatic rings. The second-order valence-corrected chi connectivity index (χ2v) is 36.9. The molecule has 542 valence electrons. The summed E-state index contributed by atoms with van der Waals surface area (Å²) in [6, 6.07) is 18.8. The average molecular weight is 1420 g/mol. The zero-order valence-electron chi connectivity index (χ0n) is 58.7. The molecule has 2 aromatic carbocycles. The standard InChI is InChI=1S/C23H35N3O4Si.C16H29N3O4Si.C15H17N3O6.C8H11N3O6.CH3F/c1-8-18-16(2)19(30-31(6,7)23(3,4)5)20(29-18)26-15-25(21(27)24-22(26)28)14-17-12-10-9-11-13-17;1-8-11-10(2)12(23-24(6,7)16(3,4)5)13(22-11)19-9-17-14(20)18-15(19)21;19-7-10-11(20)12(21)13(24-10)18-8-17(14(22)16-15(18)23)6-9-4-2-1-3-5-9;12-1-3-4(13)5(14)6(17-3)11-2-9-7(15)10-8(11)16;1-2/h9-13,15-16,18-20H,8,14H2,1-7H3;9-13H,8H2,1-7H3,(H,18,20,21);1-5,8,10-13,19-21H,6-7H2;2-6,12-14H,1H2,(H,10,15,16);1H3/p+4/t16-,18+,19?,20+;10-,11+,12?,13+;10-,11+,12?,13-;3-,4+,5?,6-;/m0011./s1/i;;;;1D. The SMILES string of the molecule is CC[C@H]1O[C@@H]([n+]2c[nH]c(=O)[nH]c2=O)C(O[Si](C)(C)C(C)(C)C)[C@H]1C.CC[C@H]1O[C@@H](n2c[n+](Cc3ccccc3)c(=O)[nH]c2=O)C(O[Si](C)(C)C(C)(C)C)[C@H]1C.O=c1[nH]c(=O)[n+](Cc2ccccc2)cn1[C@@H]1O[C@H](CO)[C@H](O)C1O.O=c1[nH]c[n+]([C@@H]2O[C@H](CO)[C@H](O)C2O)c(=O)[nH]1.[2H]CF. The van der Waals surface area contributed by atoms with Crippen LogP contribution in [0.4, 0.5) is 4.39 Å². The van der Waals surface area contributed by atoms with Gasteiger partial charge < -0.3 is 58.4 Å². The first kappa shape index (κ1) is 78.1. The van der Waals surface area contributed by atoms with Crippen LogP contribution in [0.1, 0.15) is 119 Å². The Morgan fingerprint density at radius 2 is 0.898 bits per heavy atom. The molecule has 4 saturated heterocycles. The van der Waals surface area contributed by atoms with E-state index in [9.17, 15) is 63.2 Å². The van der Waals surface area contributed by atoms with Crippen LogP contribution in [-0.4, -0.2) is 168 Å². The minimum atomic E-state index is -2.11. The molecule has 0 spiro atoms. The molecule has 4 aromatic heterocycles. The lowest BCUT2D eigenvalue weighted by atomic mass is 9.99. The molecule has 6 aromatic rings. The number of nitrogens with one attached hydrogen (secondary N) is 6. The number of aromatic nitrogens is 12. The summed E-state index contributed by atoms with van der Waals surface area (Å²) in [5.74, 6) is 0.290. The quantitative estimate of drug-likeness (QED) is 0.0405. The van der Waals surface area contributed by atoms with Gasteiger partial charge in [-0.2, -0.15) is 47.3 Å². The van der Waals surface area contributed by atoms with Gasteiger partial charge in [0.1, 0.15) is 48.8 Å². The predicted octanol–water partition coefficient (Wildman–Crippen LogP) is -1.08. The number of nitrogens with zero attached hydrogens (tertiary/aromatic N) is 6. The van der Waals surface area contributed by atoms with Gasteiger partial charge in [-0.15, -0.1) is 0 Å². The summed E-state index contributed by atoms with van der Waals surface area (Å²) in [4.78, 5) is 109. The summed E-state index contributed by atoms with van der Waals surface area (Å²) in [6.07, 6.45) is -4.50. The molecule has 0 amide bonds. The number of aliphatic hydroxyl groups is 6. The summed E-state index contributed by atoms with van der Waals surface area (Å²) in [6.45, 7) is 29.9. The Kier molecular flexibility index (Phi) is 26.9. The van der Waals surface area contributed by atoms with Crippen molar-refractivity contribution in [3.05, 3.63) is 181 Å². The fraction of sp³-hybridized carbons (Fsp3) is 0.619. The van der Waals surface area contributed by atoms with Crippen LogP contribution in [0.25, 0.3) is 0 Å². The Bertz CT molecular complexity index is 4090. The smallest absolute Gasteiger partial charge is 0.407 e. The van der Waals surface area contributed by atoms with Crippen molar-refractivity contribution in [2.45, 2.75) is 217 Å². The molecule has 0 saturated carbocycles. The van der Waals surface area contributed by atoms with Crippen LogP contribution in [0.5, 0.6) is 0 Å².